The van der Waals surface area contributed by atoms with Crippen molar-refractivity contribution in [1.82, 2.24) is 40.4 Å². The van der Waals surface area contributed by atoms with Gasteiger partial charge in [0, 0.05) is 12.6 Å². The van der Waals surface area contributed by atoms with Crippen LogP contribution in [0.25, 0.3) is 33.6 Å². The number of primary amides is 2. The molecular weight excluding hydrogens is 749 g/mol. The predicted molar refractivity (Wildman–Crippen MR) is 208 cm³/mol. The number of rotatable bonds is 13. The summed E-state index contributed by atoms with van der Waals surface area (Å²) in [7, 11) is 2.36. The molecule has 6 atom stereocenters. The lowest BCUT2D eigenvalue weighted by molar-refractivity contribution is -0.140. The maximum absolute atomic E-state index is 13.8. The van der Waals surface area contributed by atoms with Gasteiger partial charge in [0.15, 0.2) is 0 Å². The first-order valence-electron chi connectivity index (χ1n) is 19.1. The standard InChI is InChI=1S/C40H46N10O8/c1-57-39(55)47-27(17-32(41)51)37(53)49-15-3-4-31(49)35-43-19-29(45-35)23-9-5-21(6-10-23)22-7-11-24(12-8-22)30-20-44-36(46-30)34-25-13-14-26(16-25)50(34)38(54)28(18-33(42)52)48-40(56)58-2/h5-12,19-20,25-28,31,34H,3-4,13-18H2,1-2H3,(H2,41,51)(H2,42,52)(H,43,45)(H,44,46)(H,47,55)(H,48,56)/t25-,26-,27+,28-,31-,34+/m0/s1. The highest BCUT2D eigenvalue weighted by molar-refractivity contribution is 5.92. The molecular formula is C40H46N10O8. The molecule has 4 aromatic rings. The molecule has 18 nitrogen and oxygen atoms in total. The lowest BCUT2D eigenvalue weighted by atomic mass is 9.97. The van der Waals surface area contributed by atoms with Crippen molar-refractivity contribution in [3.8, 4) is 33.6 Å². The van der Waals surface area contributed by atoms with Gasteiger partial charge in [0.25, 0.3) is 0 Å². The highest BCUT2D eigenvalue weighted by Gasteiger charge is 2.51. The molecule has 0 radical (unpaired) electrons. The van der Waals surface area contributed by atoms with Gasteiger partial charge in [-0.25, -0.2) is 19.6 Å². The van der Waals surface area contributed by atoms with Crippen molar-refractivity contribution in [1.29, 1.82) is 0 Å². The summed E-state index contributed by atoms with van der Waals surface area (Å²) in [6.07, 6.45) is 5.07. The third-order valence-corrected chi connectivity index (χ3v) is 11.2. The molecule has 3 fully saturated rings. The lowest BCUT2D eigenvalue weighted by Gasteiger charge is -2.36. The zero-order chi connectivity index (χ0) is 41.1. The normalized spacial score (nSPS) is 20.7. The van der Waals surface area contributed by atoms with Crippen LogP contribution in [0, 0.1) is 5.92 Å². The molecule has 7 rings (SSSR count). The highest BCUT2D eigenvalue weighted by Crippen LogP contribution is 2.50. The van der Waals surface area contributed by atoms with E-state index in [-0.39, 0.29) is 36.9 Å². The van der Waals surface area contributed by atoms with E-state index in [0.717, 1.165) is 59.3 Å². The Hall–Kier alpha value is -6.72. The van der Waals surface area contributed by atoms with E-state index in [2.05, 4.69) is 35.1 Å². The SMILES string of the molecule is COC(=O)N[C@@H](CC(N)=O)C(=O)N1[C@H]2CC[C@@H](C2)[C@@H]1c1ncc(-c2ccc(-c3ccc(-c4cnc([C@@H]5CCCN5C(=O)[C@@H](CC(N)=O)NC(=O)OC)[nH]4)cc3)cc2)[nH]1. The van der Waals surface area contributed by atoms with E-state index in [1.54, 1.807) is 22.2 Å². The fourth-order valence-corrected chi connectivity index (χ4v) is 8.53. The van der Waals surface area contributed by atoms with Crippen molar-refractivity contribution in [3.05, 3.63) is 72.6 Å². The summed E-state index contributed by atoms with van der Waals surface area (Å²) in [4.78, 5) is 94.0. The van der Waals surface area contributed by atoms with Crippen LogP contribution < -0.4 is 22.1 Å². The van der Waals surface area contributed by atoms with E-state index in [4.69, 9.17) is 16.5 Å². The Morgan fingerprint density at radius 2 is 1.22 bits per heavy atom. The second-order valence-corrected chi connectivity index (χ2v) is 14.8. The van der Waals surface area contributed by atoms with Crippen LogP contribution in [-0.2, 0) is 28.7 Å². The van der Waals surface area contributed by atoms with E-state index in [1.165, 1.54) is 14.2 Å². The number of hydrogen-bond donors (Lipinski definition) is 6. The Kier molecular flexibility index (Phi) is 11.4. The summed E-state index contributed by atoms with van der Waals surface area (Å²) >= 11 is 0. The van der Waals surface area contributed by atoms with Crippen molar-refractivity contribution < 1.29 is 38.2 Å². The fraction of sp³-hybridized carbons (Fsp3) is 0.400. The Morgan fingerprint density at radius 3 is 1.76 bits per heavy atom. The average molecular weight is 795 g/mol. The monoisotopic (exact) mass is 794 g/mol. The average Bonchev–Trinajstić information content (AvgIpc) is 4.08. The summed E-state index contributed by atoms with van der Waals surface area (Å²) in [5.74, 6) is -0.836. The van der Waals surface area contributed by atoms with Crippen molar-refractivity contribution in [2.24, 2.45) is 17.4 Å². The van der Waals surface area contributed by atoms with Crippen LogP contribution in [-0.4, -0.2) is 104 Å². The Morgan fingerprint density at radius 1 is 0.724 bits per heavy atom. The number of H-pyrrole nitrogens is 2. The molecule has 18 heteroatoms. The van der Waals surface area contributed by atoms with Crippen LogP contribution >= 0.6 is 0 Å². The Bertz CT molecular complexity index is 2180. The second-order valence-electron chi connectivity index (χ2n) is 14.8. The molecule has 1 aliphatic carbocycles. The third kappa shape index (κ3) is 8.21. The van der Waals surface area contributed by atoms with Gasteiger partial charge in [0.05, 0.1) is 62.9 Å². The third-order valence-electron chi connectivity index (χ3n) is 11.2. The van der Waals surface area contributed by atoms with E-state index < -0.39 is 47.9 Å². The van der Waals surface area contributed by atoms with Crippen LogP contribution in [0.1, 0.15) is 68.7 Å². The number of imidazole rings is 2. The molecule has 304 valence electrons. The van der Waals surface area contributed by atoms with Crippen LogP contribution in [0.15, 0.2) is 60.9 Å². The number of nitrogens with zero attached hydrogens (tertiary/aromatic N) is 4. The number of hydrogen-bond acceptors (Lipinski definition) is 10. The molecule has 6 amide bonds. The number of ether oxygens (including phenoxy) is 2. The number of fused-ring (bicyclic) bond motifs is 2. The number of likely N-dealkylation sites (tertiary alicyclic amines) is 2. The first kappa shape index (κ1) is 39.5. The summed E-state index contributed by atoms with van der Waals surface area (Å²) in [5.41, 5.74) is 16.1. The second kappa shape index (κ2) is 16.8. The molecule has 1 saturated carbocycles. The van der Waals surface area contributed by atoms with Crippen molar-refractivity contribution >= 4 is 35.8 Å². The fourth-order valence-electron chi connectivity index (χ4n) is 8.53. The van der Waals surface area contributed by atoms with Crippen LogP contribution in [0.3, 0.4) is 0 Å². The number of aromatic nitrogens is 4. The van der Waals surface area contributed by atoms with Gasteiger partial charge < -0.3 is 51.3 Å². The van der Waals surface area contributed by atoms with Gasteiger partial charge in [-0.2, -0.15) is 0 Å². The first-order valence-corrected chi connectivity index (χ1v) is 19.1. The summed E-state index contributed by atoms with van der Waals surface area (Å²) in [6.45, 7) is 0.436. The van der Waals surface area contributed by atoms with Crippen molar-refractivity contribution in [3.63, 3.8) is 0 Å². The smallest absolute Gasteiger partial charge is 0.407 e. The van der Waals surface area contributed by atoms with Gasteiger partial charge in [-0.15, -0.1) is 0 Å². The number of amides is 6. The topological polar surface area (TPSA) is 261 Å². The van der Waals surface area contributed by atoms with Gasteiger partial charge in [0.2, 0.25) is 23.6 Å². The Labute approximate surface area is 333 Å². The summed E-state index contributed by atoms with van der Waals surface area (Å²) in [5, 5.41) is 4.89. The number of carbonyl (C=O) groups excluding carboxylic acids is 6. The number of carbonyl (C=O) groups is 6. The van der Waals surface area contributed by atoms with Crippen LogP contribution in [0.4, 0.5) is 9.59 Å². The number of nitrogens with one attached hydrogen (secondary N) is 4. The molecule has 8 N–H and O–H groups in total. The number of methoxy groups -OCH3 is 2. The number of aromatic amines is 2. The molecule has 4 heterocycles. The van der Waals surface area contributed by atoms with Gasteiger partial charge >= 0.3 is 12.2 Å². The quantitative estimate of drug-likeness (QED) is 0.115. The number of piperidine rings is 1. The first-order chi connectivity index (χ1) is 27.9. The van der Waals surface area contributed by atoms with Crippen LogP contribution in [0.5, 0.6) is 0 Å². The lowest BCUT2D eigenvalue weighted by Crippen LogP contribution is -2.53. The van der Waals surface area contributed by atoms with Crippen molar-refractivity contribution in [2.45, 2.75) is 75.2 Å². The van der Waals surface area contributed by atoms with E-state index >= 15 is 0 Å². The number of benzene rings is 2. The largest absolute Gasteiger partial charge is 0.453 e. The predicted octanol–water partition coefficient (Wildman–Crippen LogP) is 3.05. The van der Waals surface area contributed by atoms with Gasteiger partial charge in [0.1, 0.15) is 23.7 Å². The van der Waals surface area contributed by atoms with Gasteiger partial charge in [-0.1, -0.05) is 48.5 Å². The minimum atomic E-state index is -1.15. The molecule has 2 aromatic heterocycles. The molecule has 2 saturated heterocycles. The van der Waals surface area contributed by atoms with Gasteiger partial charge in [-0.05, 0) is 60.3 Å². The molecule has 2 aliphatic heterocycles. The highest BCUT2D eigenvalue weighted by atomic mass is 16.5. The molecule has 2 bridgehead atoms. The number of alkyl carbamates (subject to hydrolysis) is 2. The Balaban J connectivity index is 1.02. The zero-order valence-electron chi connectivity index (χ0n) is 32.1. The molecule has 0 spiro atoms. The van der Waals surface area contributed by atoms with Crippen molar-refractivity contribution in [2.75, 3.05) is 20.8 Å². The summed E-state index contributed by atoms with van der Waals surface area (Å²) < 4.78 is 9.31. The molecule has 58 heavy (non-hydrogen) atoms. The molecule has 0 unspecified atom stereocenters. The number of nitrogens with two attached hydrogens (primary N) is 2. The minimum Gasteiger partial charge on any atom is -0.453 e. The van der Waals surface area contributed by atoms with E-state index in [0.29, 0.717) is 24.6 Å². The molecule has 2 aromatic carbocycles. The zero-order valence-corrected chi connectivity index (χ0v) is 32.1. The van der Waals surface area contributed by atoms with Crippen LogP contribution in [0.2, 0.25) is 0 Å². The van der Waals surface area contributed by atoms with Gasteiger partial charge in [-0.3, -0.25) is 19.2 Å². The van der Waals surface area contributed by atoms with E-state index in [9.17, 15) is 28.8 Å². The van der Waals surface area contributed by atoms with E-state index in [1.807, 2.05) is 48.5 Å². The maximum Gasteiger partial charge on any atom is 0.407 e. The minimum absolute atomic E-state index is 0.0351. The summed E-state index contributed by atoms with van der Waals surface area (Å²) in [6, 6.07) is 13.0. The molecule has 3 aliphatic rings. The maximum atomic E-state index is 13.8.